The fraction of sp³-hybridized carbons (Fsp3) is 0.478. The molecule has 4 heteroatoms. The van der Waals surface area contributed by atoms with Crippen LogP contribution in [0.3, 0.4) is 0 Å². The number of fused-ring (bicyclic) bond motifs is 1. The van der Waals surface area contributed by atoms with Crippen LogP contribution in [-0.2, 0) is 12.8 Å². The number of halogens is 1. The summed E-state index contributed by atoms with van der Waals surface area (Å²) in [6.45, 7) is 3.25. The highest BCUT2D eigenvalue weighted by atomic mass is 35.5. The minimum absolute atomic E-state index is 0. The Morgan fingerprint density at radius 3 is 2.26 bits per heavy atom. The Kier molecular flexibility index (Phi) is 7.17. The molecule has 3 nitrogen and oxygen atoms in total. The lowest BCUT2D eigenvalue weighted by molar-refractivity contribution is 0.118. The number of piperidine rings is 1. The molecular weight excluding hydrogens is 356 g/mol. The molecule has 2 aromatic carbocycles. The van der Waals surface area contributed by atoms with Gasteiger partial charge in [-0.15, -0.1) is 12.4 Å². The van der Waals surface area contributed by atoms with Crippen molar-refractivity contribution in [3.8, 4) is 0 Å². The SMILES string of the molecule is Cl.OCCN1CCCCC1CN(c1ccccc1)C1Cc2ccccc2C1. The van der Waals surface area contributed by atoms with Gasteiger partial charge in [-0.25, -0.2) is 0 Å². The van der Waals surface area contributed by atoms with Gasteiger partial charge < -0.3 is 10.0 Å². The van der Waals surface area contributed by atoms with E-state index in [0.29, 0.717) is 12.1 Å². The van der Waals surface area contributed by atoms with Crippen LogP contribution in [-0.4, -0.2) is 48.3 Å². The highest BCUT2D eigenvalue weighted by Crippen LogP contribution is 2.30. The Balaban J connectivity index is 0.00000210. The van der Waals surface area contributed by atoms with Crippen LogP contribution in [0.2, 0.25) is 0 Å². The van der Waals surface area contributed by atoms with E-state index in [0.717, 1.165) is 32.5 Å². The molecular formula is C23H31ClN2O. The summed E-state index contributed by atoms with van der Waals surface area (Å²) in [5.41, 5.74) is 4.35. The molecule has 1 aliphatic carbocycles. The summed E-state index contributed by atoms with van der Waals surface area (Å²) < 4.78 is 0. The van der Waals surface area contributed by atoms with E-state index in [1.54, 1.807) is 0 Å². The second-order valence-corrected chi connectivity index (χ2v) is 7.73. The minimum Gasteiger partial charge on any atom is -0.395 e. The molecule has 0 radical (unpaired) electrons. The van der Waals surface area contributed by atoms with E-state index < -0.39 is 0 Å². The molecule has 1 heterocycles. The van der Waals surface area contributed by atoms with Gasteiger partial charge in [-0.3, -0.25) is 4.90 Å². The molecule has 1 fully saturated rings. The van der Waals surface area contributed by atoms with E-state index >= 15 is 0 Å². The first-order valence-electron chi connectivity index (χ1n) is 10.1. The molecule has 1 saturated heterocycles. The first-order chi connectivity index (χ1) is 12.8. The monoisotopic (exact) mass is 386 g/mol. The smallest absolute Gasteiger partial charge is 0.0558 e. The van der Waals surface area contributed by atoms with Gasteiger partial charge in [-0.05, 0) is 55.5 Å². The number of hydrogen-bond acceptors (Lipinski definition) is 3. The molecule has 0 amide bonds. The zero-order chi connectivity index (χ0) is 17.8. The van der Waals surface area contributed by atoms with E-state index in [-0.39, 0.29) is 19.0 Å². The number of anilines is 1. The number of aliphatic hydroxyl groups is 1. The molecule has 1 atom stereocenters. The maximum absolute atomic E-state index is 9.46. The maximum Gasteiger partial charge on any atom is 0.0558 e. The summed E-state index contributed by atoms with van der Waals surface area (Å²) in [6, 6.07) is 20.9. The molecule has 1 unspecified atom stereocenters. The van der Waals surface area contributed by atoms with E-state index in [1.165, 1.54) is 36.1 Å². The second kappa shape index (κ2) is 9.59. The molecule has 146 valence electrons. The van der Waals surface area contributed by atoms with Gasteiger partial charge >= 0.3 is 0 Å². The van der Waals surface area contributed by atoms with Gasteiger partial charge in [0.2, 0.25) is 0 Å². The summed E-state index contributed by atoms with van der Waals surface area (Å²) in [6.07, 6.45) is 6.08. The van der Waals surface area contributed by atoms with Crippen molar-refractivity contribution in [3.05, 3.63) is 65.7 Å². The van der Waals surface area contributed by atoms with Gasteiger partial charge in [0.05, 0.1) is 6.61 Å². The van der Waals surface area contributed by atoms with Crippen molar-refractivity contribution in [3.63, 3.8) is 0 Å². The Labute approximate surface area is 169 Å². The summed E-state index contributed by atoms with van der Waals surface area (Å²) in [5, 5.41) is 9.46. The predicted octanol–water partition coefficient (Wildman–Crippen LogP) is 3.93. The van der Waals surface area contributed by atoms with E-state index in [4.69, 9.17) is 0 Å². The first-order valence-corrected chi connectivity index (χ1v) is 10.1. The molecule has 1 N–H and O–H groups in total. The van der Waals surface area contributed by atoms with Gasteiger partial charge in [-0.1, -0.05) is 48.9 Å². The number of β-amino-alcohol motifs (C(OH)–C–C–N with tert-alkyl or cyclic N) is 1. The zero-order valence-electron chi connectivity index (χ0n) is 16.0. The zero-order valence-corrected chi connectivity index (χ0v) is 16.8. The van der Waals surface area contributed by atoms with Crippen LogP contribution in [0.4, 0.5) is 5.69 Å². The van der Waals surface area contributed by atoms with Crippen LogP contribution >= 0.6 is 12.4 Å². The number of hydrogen-bond donors (Lipinski definition) is 1. The number of rotatable bonds is 6. The lowest BCUT2D eigenvalue weighted by atomic mass is 10.00. The van der Waals surface area contributed by atoms with Gasteiger partial charge in [0, 0.05) is 30.9 Å². The van der Waals surface area contributed by atoms with Gasteiger partial charge in [0.25, 0.3) is 0 Å². The third-order valence-corrected chi connectivity index (χ3v) is 6.10. The lowest BCUT2D eigenvalue weighted by Crippen LogP contribution is -2.50. The largest absolute Gasteiger partial charge is 0.395 e. The molecule has 4 rings (SSSR count). The van der Waals surface area contributed by atoms with Crippen molar-refractivity contribution in [2.75, 3.05) is 31.1 Å². The molecule has 0 aromatic heterocycles. The van der Waals surface area contributed by atoms with Crippen LogP contribution < -0.4 is 4.90 Å². The van der Waals surface area contributed by atoms with E-state index in [2.05, 4.69) is 64.4 Å². The fourth-order valence-corrected chi connectivity index (χ4v) is 4.76. The third kappa shape index (κ3) is 4.66. The molecule has 2 aliphatic rings. The molecule has 27 heavy (non-hydrogen) atoms. The third-order valence-electron chi connectivity index (χ3n) is 6.10. The summed E-state index contributed by atoms with van der Waals surface area (Å²) in [7, 11) is 0. The quantitative estimate of drug-likeness (QED) is 0.814. The number of likely N-dealkylation sites (tertiary alicyclic amines) is 1. The average Bonchev–Trinajstić information content (AvgIpc) is 3.12. The Morgan fingerprint density at radius 2 is 1.59 bits per heavy atom. The summed E-state index contributed by atoms with van der Waals surface area (Å²) in [4.78, 5) is 5.14. The van der Waals surface area contributed by atoms with Gasteiger partial charge in [0.15, 0.2) is 0 Å². The van der Waals surface area contributed by atoms with Crippen molar-refractivity contribution in [1.82, 2.24) is 4.90 Å². The number of benzene rings is 2. The summed E-state index contributed by atoms with van der Waals surface area (Å²) >= 11 is 0. The molecule has 0 saturated carbocycles. The highest BCUT2D eigenvalue weighted by Gasteiger charge is 2.31. The first kappa shape index (κ1) is 20.2. The Hall–Kier alpha value is -1.55. The van der Waals surface area contributed by atoms with E-state index in [9.17, 15) is 5.11 Å². The molecule has 1 aliphatic heterocycles. The van der Waals surface area contributed by atoms with Crippen molar-refractivity contribution in [2.45, 2.75) is 44.2 Å². The maximum atomic E-state index is 9.46. The van der Waals surface area contributed by atoms with Crippen LogP contribution in [0.1, 0.15) is 30.4 Å². The topological polar surface area (TPSA) is 26.7 Å². The Morgan fingerprint density at radius 1 is 0.926 bits per heavy atom. The van der Waals surface area contributed by atoms with Crippen molar-refractivity contribution in [2.24, 2.45) is 0 Å². The van der Waals surface area contributed by atoms with Crippen LogP contribution in [0.15, 0.2) is 54.6 Å². The lowest BCUT2D eigenvalue weighted by Gasteiger charge is -2.41. The number of para-hydroxylation sites is 1. The van der Waals surface area contributed by atoms with Crippen LogP contribution in [0.25, 0.3) is 0 Å². The number of aliphatic hydroxyl groups excluding tert-OH is 1. The fourth-order valence-electron chi connectivity index (χ4n) is 4.76. The van der Waals surface area contributed by atoms with Crippen molar-refractivity contribution in [1.29, 1.82) is 0 Å². The number of nitrogens with zero attached hydrogens (tertiary/aromatic N) is 2. The minimum atomic E-state index is 0. The molecule has 0 spiro atoms. The van der Waals surface area contributed by atoms with Crippen molar-refractivity contribution >= 4 is 18.1 Å². The molecule has 2 aromatic rings. The predicted molar refractivity (Wildman–Crippen MR) is 115 cm³/mol. The average molecular weight is 387 g/mol. The standard InChI is InChI=1S/C23H30N2O.ClH/c26-15-14-24-13-7-6-12-22(24)18-25(21-10-2-1-3-11-21)23-16-19-8-4-5-9-20(19)17-23;/h1-5,8-11,22-23,26H,6-7,12-18H2;1H. The highest BCUT2D eigenvalue weighted by molar-refractivity contribution is 5.85. The van der Waals surface area contributed by atoms with Crippen LogP contribution in [0.5, 0.6) is 0 Å². The normalized spacial score (nSPS) is 20.1. The van der Waals surface area contributed by atoms with E-state index in [1.807, 2.05) is 0 Å². The molecule has 0 bridgehead atoms. The summed E-state index contributed by atoms with van der Waals surface area (Å²) in [5.74, 6) is 0. The van der Waals surface area contributed by atoms with Crippen molar-refractivity contribution < 1.29 is 5.11 Å². The second-order valence-electron chi connectivity index (χ2n) is 7.73. The Bertz CT molecular complexity index is 682. The van der Waals surface area contributed by atoms with Crippen LogP contribution in [0, 0.1) is 0 Å². The van der Waals surface area contributed by atoms with Gasteiger partial charge in [0.1, 0.15) is 0 Å². The van der Waals surface area contributed by atoms with Gasteiger partial charge in [-0.2, -0.15) is 0 Å².